The molecular formula is C25H29F3N2O6. The highest BCUT2D eigenvalue weighted by molar-refractivity contribution is 6.14. The van der Waals surface area contributed by atoms with Gasteiger partial charge in [0.2, 0.25) is 5.54 Å². The molecule has 2 aliphatic heterocycles. The van der Waals surface area contributed by atoms with Gasteiger partial charge in [-0.3, -0.25) is 14.4 Å². The van der Waals surface area contributed by atoms with E-state index in [1.807, 2.05) is 5.32 Å². The molecule has 11 heteroatoms. The predicted octanol–water partition coefficient (Wildman–Crippen LogP) is 3.40. The maximum absolute atomic E-state index is 14.9. The third kappa shape index (κ3) is 4.23. The van der Waals surface area contributed by atoms with Crippen molar-refractivity contribution in [2.75, 3.05) is 27.4 Å². The molecule has 0 unspecified atom stereocenters. The largest absolute Gasteiger partial charge is 0.493 e. The number of nitrogens with one attached hydrogen (secondary N) is 1. The number of hydrogen-bond donors (Lipinski definition) is 1. The number of nitrogens with zero attached hydrogens (tertiary/aromatic N) is 1. The second-order valence-corrected chi connectivity index (χ2v) is 10.1. The Labute approximate surface area is 206 Å². The number of ether oxygens (including phenoxy) is 3. The second kappa shape index (κ2) is 9.10. The van der Waals surface area contributed by atoms with Crippen LogP contribution in [0.1, 0.15) is 49.9 Å². The fourth-order valence-corrected chi connectivity index (χ4v) is 5.23. The number of benzene rings is 1. The summed E-state index contributed by atoms with van der Waals surface area (Å²) in [6, 6.07) is 3.83. The number of carbonyl (C=O) groups is 3. The van der Waals surface area contributed by atoms with E-state index in [9.17, 15) is 27.6 Å². The van der Waals surface area contributed by atoms with Crippen molar-refractivity contribution in [2.45, 2.75) is 57.3 Å². The van der Waals surface area contributed by atoms with Crippen LogP contribution < -0.4 is 14.8 Å². The average molecular weight is 511 g/mol. The lowest BCUT2D eigenvalue weighted by Gasteiger charge is -2.35. The first-order chi connectivity index (χ1) is 16.8. The van der Waals surface area contributed by atoms with Crippen LogP contribution in [0.25, 0.3) is 0 Å². The molecule has 1 aromatic rings. The Balaban J connectivity index is 1.82. The van der Waals surface area contributed by atoms with Gasteiger partial charge in [0.1, 0.15) is 0 Å². The van der Waals surface area contributed by atoms with Gasteiger partial charge in [-0.1, -0.05) is 13.8 Å². The smallest absolute Gasteiger partial charge is 0.425 e. The second-order valence-electron chi connectivity index (χ2n) is 10.1. The quantitative estimate of drug-likeness (QED) is 0.631. The van der Waals surface area contributed by atoms with Crippen LogP contribution in [-0.2, 0) is 14.3 Å². The van der Waals surface area contributed by atoms with Gasteiger partial charge in [0.05, 0.1) is 32.4 Å². The van der Waals surface area contributed by atoms with Crippen LogP contribution in [0.5, 0.6) is 11.5 Å². The van der Waals surface area contributed by atoms with Crippen molar-refractivity contribution < 1.29 is 41.8 Å². The van der Waals surface area contributed by atoms with Gasteiger partial charge in [-0.25, -0.2) is 0 Å². The molecule has 1 aliphatic carbocycles. The van der Waals surface area contributed by atoms with Crippen LogP contribution in [0, 0.1) is 5.41 Å². The predicted molar refractivity (Wildman–Crippen MR) is 122 cm³/mol. The minimum Gasteiger partial charge on any atom is -0.493 e. The molecule has 0 radical (unpaired) electrons. The number of Topliss-reactive ketones (excluding diaryl/α,β-unsaturated/α-hetero) is 1. The van der Waals surface area contributed by atoms with Crippen LogP contribution in [-0.4, -0.2) is 67.7 Å². The number of methoxy groups -OCH3 is 2. The van der Waals surface area contributed by atoms with E-state index in [2.05, 4.69) is 0 Å². The number of allylic oxidation sites excluding steroid dienone is 1. The molecule has 2 amide bonds. The van der Waals surface area contributed by atoms with E-state index < -0.39 is 46.4 Å². The monoisotopic (exact) mass is 510 g/mol. The van der Waals surface area contributed by atoms with Gasteiger partial charge in [-0.05, 0) is 42.9 Å². The lowest BCUT2D eigenvalue weighted by molar-refractivity contribution is -0.191. The standard InChI is InChI=1S/C25H29F3N2O6/c1-23(2)11-16-20(17(31)12-23)24(25(26,27)28,22(33)30(16)13-15-6-5-9-36-15)29-21(32)14-7-8-18(34-3)19(10-14)35-4/h7-8,10,15H,5-6,9,11-13H2,1-4H3,(H,29,32)/t15-,24+/m1/s1. The topological polar surface area (TPSA) is 94.2 Å². The molecule has 2 heterocycles. The third-order valence-corrected chi connectivity index (χ3v) is 6.90. The summed E-state index contributed by atoms with van der Waals surface area (Å²) in [7, 11) is 2.69. The van der Waals surface area contributed by atoms with E-state index in [0.29, 0.717) is 13.0 Å². The maximum Gasteiger partial charge on any atom is 0.425 e. The van der Waals surface area contributed by atoms with Gasteiger partial charge in [0.25, 0.3) is 11.8 Å². The summed E-state index contributed by atoms with van der Waals surface area (Å²) in [6.07, 6.45) is -4.52. The third-order valence-electron chi connectivity index (χ3n) is 6.90. The van der Waals surface area contributed by atoms with E-state index in [-0.39, 0.29) is 42.1 Å². The summed E-state index contributed by atoms with van der Waals surface area (Å²) in [6.45, 7) is 3.85. The van der Waals surface area contributed by atoms with E-state index in [1.54, 1.807) is 13.8 Å². The molecule has 4 rings (SSSR count). The van der Waals surface area contributed by atoms with Crippen molar-refractivity contribution in [3.05, 3.63) is 35.0 Å². The zero-order valence-corrected chi connectivity index (χ0v) is 20.6. The van der Waals surface area contributed by atoms with Gasteiger partial charge in [-0.2, -0.15) is 13.2 Å². The number of halogens is 3. The minimum absolute atomic E-state index is 0.00156. The molecule has 196 valence electrons. The molecule has 1 N–H and O–H groups in total. The molecule has 0 aromatic heterocycles. The molecule has 1 fully saturated rings. The summed E-state index contributed by atoms with van der Waals surface area (Å²) in [4.78, 5) is 41.1. The lowest BCUT2D eigenvalue weighted by Crippen LogP contribution is -2.66. The van der Waals surface area contributed by atoms with Gasteiger partial charge in [0.15, 0.2) is 17.3 Å². The summed E-state index contributed by atoms with van der Waals surface area (Å²) in [5.74, 6) is -2.98. The molecule has 1 aromatic carbocycles. The lowest BCUT2D eigenvalue weighted by atomic mass is 9.72. The van der Waals surface area contributed by atoms with Crippen molar-refractivity contribution in [2.24, 2.45) is 5.41 Å². The van der Waals surface area contributed by atoms with Crippen molar-refractivity contribution in [1.82, 2.24) is 10.2 Å². The van der Waals surface area contributed by atoms with Crippen LogP contribution in [0.3, 0.4) is 0 Å². The Morgan fingerprint density at radius 3 is 2.44 bits per heavy atom. The van der Waals surface area contributed by atoms with E-state index in [1.165, 1.54) is 32.4 Å². The first-order valence-electron chi connectivity index (χ1n) is 11.7. The maximum atomic E-state index is 14.9. The fourth-order valence-electron chi connectivity index (χ4n) is 5.23. The highest BCUT2D eigenvalue weighted by Gasteiger charge is 2.71. The number of ketones is 1. The summed E-state index contributed by atoms with van der Waals surface area (Å²) in [5.41, 5.74) is -5.04. The highest BCUT2D eigenvalue weighted by Crippen LogP contribution is 2.52. The number of hydrogen-bond acceptors (Lipinski definition) is 6. The molecule has 0 spiro atoms. The average Bonchev–Trinajstić information content (AvgIpc) is 3.39. The van der Waals surface area contributed by atoms with Gasteiger partial charge in [0, 0.05) is 24.3 Å². The minimum atomic E-state index is -5.28. The van der Waals surface area contributed by atoms with Gasteiger partial charge in [-0.15, -0.1) is 0 Å². The molecular weight excluding hydrogens is 481 g/mol. The summed E-state index contributed by atoms with van der Waals surface area (Å²) >= 11 is 0. The van der Waals surface area contributed by atoms with Crippen LogP contribution in [0.4, 0.5) is 13.2 Å². The zero-order valence-electron chi connectivity index (χ0n) is 20.6. The van der Waals surface area contributed by atoms with Crippen LogP contribution in [0.15, 0.2) is 29.5 Å². The first-order valence-corrected chi connectivity index (χ1v) is 11.7. The number of carbonyl (C=O) groups excluding carboxylic acids is 3. The van der Waals surface area contributed by atoms with E-state index in [4.69, 9.17) is 14.2 Å². The Hall–Kier alpha value is -3.08. The molecule has 0 bridgehead atoms. The zero-order chi connectivity index (χ0) is 26.5. The van der Waals surface area contributed by atoms with Crippen molar-refractivity contribution in [3.8, 4) is 11.5 Å². The van der Waals surface area contributed by atoms with Crippen molar-refractivity contribution in [1.29, 1.82) is 0 Å². The fraction of sp³-hybridized carbons (Fsp3) is 0.560. The molecule has 3 aliphatic rings. The summed E-state index contributed by atoms with van der Waals surface area (Å²) < 4.78 is 60.6. The molecule has 36 heavy (non-hydrogen) atoms. The van der Waals surface area contributed by atoms with Crippen molar-refractivity contribution >= 4 is 17.6 Å². The van der Waals surface area contributed by atoms with E-state index in [0.717, 1.165) is 11.3 Å². The first kappa shape index (κ1) is 26.0. The van der Waals surface area contributed by atoms with Crippen molar-refractivity contribution in [3.63, 3.8) is 0 Å². The number of amides is 2. The molecule has 8 nitrogen and oxygen atoms in total. The number of alkyl halides is 3. The van der Waals surface area contributed by atoms with Gasteiger partial charge < -0.3 is 24.4 Å². The van der Waals surface area contributed by atoms with Crippen LogP contribution in [0.2, 0.25) is 0 Å². The van der Waals surface area contributed by atoms with E-state index >= 15 is 0 Å². The molecule has 1 saturated heterocycles. The highest BCUT2D eigenvalue weighted by atomic mass is 19.4. The Morgan fingerprint density at radius 1 is 1.17 bits per heavy atom. The number of rotatable bonds is 6. The molecule has 2 atom stereocenters. The Kier molecular flexibility index (Phi) is 6.57. The Bertz CT molecular complexity index is 1120. The summed E-state index contributed by atoms with van der Waals surface area (Å²) in [5, 5.41) is 1.93. The van der Waals surface area contributed by atoms with Gasteiger partial charge >= 0.3 is 6.18 Å². The van der Waals surface area contributed by atoms with Crippen LogP contribution >= 0.6 is 0 Å². The Morgan fingerprint density at radius 2 is 1.86 bits per heavy atom. The SMILES string of the molecule is COc1ccc(C(=O)N[C@]2(C(F)(F)F)C(=O)N(C[C@H]3CCCO3)C3=C2C(=O)CC(C)(C)C3)cc1OC. The molecule has 0 saturated carbocycles. The normalized spacial score (nSPS) is 25.8.